The first kappa shape index (κ1) is 21.6. The third-order valence-corrected chi connectivity index (χ3v) is 8.47. The van der Waals surface area contributed by atoms with Crippen LogP contribution in [0.2, 0.25) is 0 Å². The third kappa shape index (κ3) is 3.29. The van der Waals surface area contributed by atoms with Crippen molar-refractivity contribution in [1.82, 2.24) is 7.10 Å². The second-order valence-electron chi connectivity index (χ2n) is 9.05. The van der Waals surface area contributed by atoms with Gasteiger partial charge < -0.3 is 7.10 Å². The molecule has 0 atom stereocenters. The molecular weight excluding hydrogens is 469 g/mol. The van der Waals surface area contributed by atoms with Crippen molar-refractivity contribution in [3.63, 3.8) is 0 Å². The van der Waals surface area contributed by atoms with Crippen molar-refractivity contribution in [2.24, 2.45) is 0 Å². The molecule has 0 N–H and O–H groups in total. The molecule has 2 nitrogen and oxygen atoms in total. The van der Waals surface area contributed by atoms with Crippen molar-refractivity contribution in [3.8, 4) is 22.3 Å². The van der Waals surface area contributed by atoms with Gasteiger partial charge in [0.05, 0.1) is 0 Å². The predicted octanol–water partition coefficient (Wildman–Crippen LogP) is 5.89. The van der Waals surface area contributed by atoms with Crippen LogP contribution in [-0.2, 0) is 0 Å². The molecule has 0 amide bonds. The number of nitrogens with zero attached hydrogens (tertiary/aromatic N) is 2. The quantitative estimate of drug-likeness (QED) is 0.270. The van der Waals surface area contributed by atoms with Crippen molar-refractivity contribution in [2.45, 2.75) is 0 Å². The Labute approximate surface area is 228 Å². The second kappa shape index (κ2) is 8.17. The molecule has 0 fully saturated rings. The molecular formula is C30H17Al3N2. The van der Waals surface area contributed by atoms with E-state index in [2.05, 4.69) is 160 Å². The van der Waals surface area contributed by atoms with Crippen LogP contribution in [0.5, 0.6) is 0 Å². The molecule has 156 valence electrons. The van der Waals surface area contributed by atoms with Crippen molar-refractivity contribution in [3.05, 3.63) is 103 Å². The van der Waals surface area contributed by atoms with Gasteiger partial charge in [-0.3, -0.25) is 0 Å². The van der Waals surface area contributed by atoms with Crippen molar-refractivity contribution in [1.29, 1.82) is 0 Å². The number of para-hydroxylation sites is 3. The normalized spacial score (nSPS) is 11.8. The van der Waals surface area contributed by atoms with Crippen LogP contribution in [0.1, 0.15) is 0 Å². The molecule has 5 aromatic carbocycles. The minimum absolute atomic E-state index is 1.18. The third-order valence-electron chi connectivity index (χ3n) is 7.04. The first-order valence-electron chi connectivity index (χ1n) is 11.6. The fourth-order valence-electron chi connectivity index (χ4n) is 5.44. The standard InChI is InChI=1S/C30H17N2.3Al/c1-4-14-28-23(9-1)25-12-6-11-22(30(25)32-28)21-8-5-7-19(17-21)20-15-16-29-26(18-20)24-10-2-3-13-27(24)31-29;;;/h1-4,6-18H;;;/q-2;;2*+1. The highest BCUT2D eigenvalue weighted by atomic mass is 27.1. The van der Waals surface area contributed by atoms with E-state index in [0.717, 1.165) is 0 Å². The lowest BCUT2D eigenvalue weighted by molar-refractivity contribution is 1.39. The molecule has 0 spiro atoms. The van der Waals surface area contributed by atoms with Crippen LogP contribution in [0, 0.1) is 0 Å². The number of hydrogen-bond acceptors (Lipinski definition) is 0. The molecule has 6 radical (unpaired) electrons. The molecule has 0 bridgehead atoms. The first-order valence-corrected chi connectivity index (χ1v) is 13.2. The average molecular weight is 486 g/mol. The largest absolute Gasteiger partial charge is 0.452 e. The smallest absolute Gasteiger partial charge is 0.318 e. The fraction of sp³-hybridized carbons (Fsp3) is 0. The molecule has 0 saturated heterocycles. The Balaban J connectivity index is 1.46. The highest BCUT2D eigenvalue weighted by Gasteiger charge is 2.14. The zero-order valence-corrected chi connectivity index (χ0v) is 22.4. The van der Waals surface area contributed by atoms with E-state index in [-0.39, 0.29) is 0 Å². The second-order valence-corrected chi connectivity index (χ2v) is 10.8. The van der Waals surface area contributed by atoms with Crippen molar-refractivity contribution in [2.75, 3.05) is 0 Å². The van der Waals surface area contributed by atoms with Crippen LogP contribution in [0.3, 0.4) is 0 Å². The SMILES string of the molecule is [Al][c]1cc(-c2ccc3c(c2)c2ccccc2[n]3[Al])cc(-c2cccc3c4ccccc4[n]([Al])c23)c1. The Morgan fingerprint density at radius 2 is 1.09 bits per heavy atom. The summed E-state index contributed by atoms with van der Waals surface area (Å²) in [7, 11) is 0. The molecule has 2 aromatic heterocycles. The summed E-state index contributed by atoms with van der Waals surface area (Å²) in [6.07, 6.45) is 0. The molecule has 0 aliphatic carbocycles. The topological polar surface area (TPSA) is 9.86 Å². The van der Waals surface area contributed by atoms with E-state index in [0.29, 0.717) is 0 Å². The predicted molar refractivity (Wildman–Crippen MR) is 151 cm³/mol. The molecule has 0 unspecified atom stereocenters. The van der Waals surface area contributed by atoms with E-state index in [4.69, 9.17) is 0 Å². The Morgan fingerprint density at radius 1 is 0.457 bits per heavy atom. The number of rotatable bonds is 2. The summed E-state index contributed by atoms with van der Waals surface area (Å²) in [4.78, 5) is 0. The molecule has 7 rings (SSSR count). The average Bonchev–Trinajstić information content (AvgIpc) is 3.35. The molecule has 0 aliphatic rings. The molecule has 35 heavy (non-hydrogen) atoms. The Morgan fingerprint density at radius 3 is 1.89 bits per heavy atom. The number of fused-ring (bicyclic) bond motifs is 6. The summed E-state index contributed by atoms with van der Waals surface area (Å²) in [5, 5.41) is 5.11. The maximum atomic E-state index is 2.91. The van der Waals surface area contributed by atoms with Crippen molar-refractivity contribution >= 4 is 97.3 Å². The Bertz CT molecular complexity index is 1950. The lowest BCUT2D eigenvalue weighted by Crippen LogP contribution is -2.03. The van der Waals surface area contributed by atoms with E-state index >= 15 is 0 Å². The molecule has 0 aliphatic heterocycles. The summed E-state index contributed by atoms with van der Waals surface area (Å²) >= 11 is 8.68. The fourth-order valence-corrected chi connectivity index (χ4v) is 6.75. The van der Waals surface area contributed by atoms with Crippen LogP contribution in [-0.4, -0.2) is 56.4 Å². The van der Waals surface area contributed by atoms with Gasteiger partial charge in [-0.15, -0.1) is 4.43 Å². The summed E-state index contributed by atoms with van der Waals surface area (Å²) in [5.41, 5.74) is 9.81. The van der Waals surface area contributed by atoms with Gasteiger partial charge in [0.25, 0.3) is 0 Å². The zero-order chi connectivity index (χ0) is 23.7. The summed E-state index contributed by atoms with van der Waals surface area (Å²) < 4.78 is 5.62. The molecule has 2 heterocycles. The first-order chi connectivity index (χ1) is 17.1. The monoisotopic (exact) mass is 486 g/mol. The van der Waals surface area contributed by atoms with Crippen LogP contribution in [0.15, 0.2) is 103 Å². The van der Waals surface area contributed by atoms with E-state index < -0.39 is 0 Å². The van der Waals surface area contributed by atoms with Crippen molar-refractivity contribution < 1.29 is 0 Å². The van der Waals surface area contributed by atoms with E-state index in [1.54, 1.807) is 0 Å². The maximum absolute atomic E-state index is 2.91. The highest BCUT2D eigenvalue weighted by Crippen LogP contribution is 2.37. The molecule has 0 saturated carbocycles. The minimum atomic E-state index is 1.18. The van der Waals surface area contributed by atoms with Crippen LogP contribution in [0.4, 0.5) is 0 Å². The zero-order valence-electron chi connectivity index (χ0n) is 18.9. The highest BCUT2D eigenvalue weighted by molar-refractivity contribution is 6.33. The van der Waals surface area contributed by atoms with Crippen LogP contribution in [0.25, 0.3) is 65.9 Å². The van der Waals surface area contributed by atoms with Gasteiger partial charge >= 0.3 is 33.0 Å². The van der Waals surface area contributed by atoms with E-state index in [9.17, 15) is 0 Å². The van der Waals surface area contributed by atoms with Gasteiger partial charge in [-0.05, 0) is 47.0 Å². The van der Waals surface area contributed by atoms with Crippen LogP contribution >= 0.6 is 0 Å². The van der Waals surface area contributed by atoms with Gasteiger partial charge in [0.15, 0.2) is 16.3 Å². The van der Waals surface area contributed by atoms with Gasteiger partial charge in [-0.2, -0.15) is 0 Å². The molecule has 7 aromatic rings. The summed E-state index contributed by atoms with van der Waals surface area (Å²) in [5.74, 6) is 0. The van der Waals surface area contributed by atoms with Gasteiger partial charge in [0, 0.05) is 49.2 Å². The molecule has 5 heteroatoms. The minimum Gasteiger partial charge on any atom is -0.452 e. The number of benzene rings is 5. The number of hydrogen-bond donors (Lipinski definition) is 0. The Hall–Kier alpha value is -2.70. The van der Waals surface area contributed by atoms with E-state index in [1.165, 1.54) is 70.3 Å². The summed E-state index contributed by atoms with van der Waals surface area (Å²) in [6.45, 7) is 0. The number of aromatic nitrogens is 2. The van der Waals surface area contributed by atoms with Gasteiger partial charge in [-0.25, -0.2) is 0 Å². The summed E-state index contributed by atoms with van der Waals surface area (Å²) in [6, 6.07) is 37.5. The van der Waals surface area contributed by atoms with Crippen LogP contribution < -0.4 is 4.43 Å². The van der Waals surface area contributed by atoms with Gasteiger partial charge in [-0.1, -0.05) is 72.8 Å². The maximum Gasteiger partial charge on any atom is 0.318 e. The van der Waals surface area contributed by atoms with Gasteiger partial charge in [0.1, 0.15) is 0 Å². The van der Waals surface area contributed by atoms with Gasteiger partial charge in [0.2, 0.25) is 0 Å². The Kier molecular flexibility index (Phi) is 5.04. The lowest BCUT2D eigenvalue weighted by Gasteiger charge is -2.13. The lowest BCUT2D eigenvalue weighted by atomic mass is 9.96. The van der Waals surface area contributed by atoms with E-state index in [1.807, 2.05) is 0 Å².